The van der Waals surface area contributed by atoms with E-state index < -0.39 is 0 Å². The molecule has 0 aromatic carbocycles. The molecule has 1 atom stereocenters. The first-order valence-electron chi connectivity index (χ1n) is 6.19. The average molecular weight is 230 g/mol. The summed E-state index contributed by atoms with van der Waals surface area (Å²) >= 11 is 0. The monoisotopic (exact) mass is 230 g/mol. The van der Waals surface area contributed by atoms with Gasteiger partial charge in [-0.1, -0.05) is 6.92 Å². The van der Waals surface area contributed by atoms with Gasteiger partial charge in [-0.3, -0.25) is 4.79 Å². The highest BCUT2D eigenvalue weighted by Crippen LogP contribution is 1.93. The summed E-state index contributed by atoms with van der Waals surface area (Å²) in [6.07, 6.45) is 4.31. The summed E-state index contributed by atoms with van der Waals surface area (Å²) in [5.41, 5.74) is 0. The zero-order valence-corrected chi connectivity index (χ0v) is 10.8. The minimum atomic E-state index is 0.0891. The Hall–Kier alpha value is -0.610. The second-order valence-electron chi connectivity index (χ2n) is 4.11. The van der Waals surface area contributed by atoms with Gasteiger partial charge in [0.25, 0.3) is 0 Å². The van der Waals surface area contributed by atoms with Gasteiger partial charge in [-0.2, -0.15) is 0 Å². The average Bonchev–Trinajstić information content (AvgIpc) is 2.27. The van der Waals surface area contributed by atoms with Crippen LogP contribution in [0.4, 0.5) is 0 Å². The van der Waals surface area contributed by atoms with Gasteiger partial charge in [0.05, 0.1) is 6.54 Å². The predicted molar refractivity (Wildman–Crippen MR) is 66.5 cm³/mol. The topological polar surface area (TPSA) is 50.4 Å². The van der Waals surface area contributed by atoms with E-state index in [1.54, 1.807) is 7.11 Å². The van der Waals surface area contributed by atoms with Crippen LogP contribution >= 0.6 is 0 Å². The van der Waals surface area contributed by atoms with Gasteiger partial charge in [0.15, 0.2) is 0 Å². The van der Waals surface area contributed by atoms with Gasteiger partial charge in [0, 0.05) is 19.8 Å². The van der Waals surface area contributed by atoms with Crippen molar-refractivity contribution in [1.29, 1.82) is 0 Å². The molecule has 4 nitrogen and oxygen atoms in total. The first kappa shape index (κ1) is 15.4. The lowest BCUT2D eigenvalue weighted by molar-refractivity contribution is -0.120. The molecule has 0 aromatic rings. The zero-order valence-electron chi connectivity index (χ0n) is 10.8. The first-order chi connectivity index (χ1) is 7.70. The van der Waals surface area contributed by atoms with Crippen LogP contribution < -0.4 is 10.6 Å². The third-order valence-corrected chi connectivity index (χ3v) is 2.51. The van der Waals surface area contributed by atoms with E-state index in [-0.39, 0.29) is 11.9 Å². The highest BCUT2D eigenvalue weighted by atomic mass is 16.5. The number of hydrogen-bond donors (Lipinski definition) is 2. The van der Waals surface area contributed by atoms with E-state index in [2.05, 4.69) is 17.6 Å². The fourth-order valence-electron chi connectivity index (χ4n) is 1.30. The van der Waals surface area contributed by atoms with Crippen molar-refractivity contribution in [3.63, 3.8) is 0 Å². The molecule has 0 fully saturated rings. The van der Waals surface area contributed by atoms with Gasteiger partial charge in [-0.25, -0.2) is 0 Å². The summed E-state index contributed by atoms with van der Waals surface area (Å²) in [6.45, 7) is 6.23. The molecule has 0 aliphatic heterocycles. The second kappa shape index (κ2) is 10.9. The number of amides is 1. The molecule has 1 amide bonds. The van der Waals surface area contributed by atoms with Crippen molar-refractivity contribution >= 4 is 5.91 Å². The van der Waals surface area contributed by atoms with Crippen LogP contribution in [0, 0.1) is 0 Å². The number of ether oxygens (including phenoxy) is 1. The highest BCUT2D eigenvalue weighted by Gasteiger charge is 2.03. The maximum absolute atomic E-state index is 11.4. The minimum Gasteiger partial charge on any atom is -0.385 e. The molecule has 96 valence electrons. The van der Waals surface area contributed by atoms with E-state index in [0.717, 1.165) is 38.8 Å². The molecule has 0 aliphatic carbocycles. The Morgan fingerprint density at radius 1 is 1.31 bits per heavy atom. The summed E-state index contributed by atoms with van der Waals surface area (Å²) in [5.74, 6) is 0.0891. The lowest BCUT2D eigenvalue weighted by Gasteiger charge is -2.11. The molecule has 4 heteroatoms. The number of nitrogens with one attached hydrogen (secondary N) is 2. The van der Waals surface area contributed by atoms with Crippen molar-refractivity contribution in [3.05, 3.63) is 0 Å². The summed E-state index contributed by atoms with van der Waals surface area (Å²) < 4.78 is 4.96. The van der Waals surface area contributed by atoms with Gasteiger partial charge >= 0.3 is 0 Å². The van der Waals surface area contributed by atoms with Crippen LogP contribution in [-0.4, -0.2) is 38.8 Å². The smallest absolute Gasteiger partial charge is 0.234 e. The van der Waals surface area contributed by atoms with Gasteiger partial charge < -0.3 is 15.4 Å². The molecule has 0 saturated heterocycles. The molecule has 0 aromatic heterocycles. The van der Waals surface area contributed by atoms with E-state index >= 15 is 0 Å². The number of hydrogen-bond acceptors (Lipinski definition) is 3. The van der Waals surface area contributed by atoms with Crippen LogP contribution in [0.15, 0.2) is 0 Å². The third-order valence-electron chi connectivity index (χ3n) is 2.51. The molecular formula is C12H26N2O2. The van der Waals surface area contributed by atoms with Crippen LogP contribution in [0.1, 0.15) is 39.5 Å². The Morgan fingerprint density at radius 3 is 2.69 bits per heavy atom. The Kier molecular flexibility index (Phi) is 10.5. The lowest BCUT2D eigenvalue weighted by atomic mass is 10.2. The molecule has 0 spiro atoms. The Bertz CT molecular complexity index is 174. The van der Waals surface area contributed by atoms with Crippen molar-refractivity contribution in [1.82, 2.24) is 10.6 Å². The maximum atomic E-state index is 11.4. The second-order valence-corrected chi connectivity index (χ2v) is 4.11. The quantitative estimate of drug-likeness (QED) is 0.556. The zero-order chi connectivity index (χ0) is 12.2. The highest BCUT2D eigenvalue weighted by molar-refractivity contribution is 5.78. The van der Waals surface area contributed by atoms with Crippen LogP contribution in [0.3, 0.4) is 0 Å². The number of unbranched alkanes of at least 4 members (excludes halogenated alkanes) is 2. The lowest BCUT2D eigenvalue weighted by Crippen LogP contribution is -2.38. The summed E-state index contributed by atoms with van der Waals surface area (Å²) in [7, 11) is 1.72. The molecule has 0 rings (SSSR count). The first-order valence-corrected chi connectivity index (χ1v) is 6.19. The standard InChI is InChI=1S/C12H26N2O2/c1-4-11(2)14-12(15)10-13-8-6-5-7-9-16-3/h11,13H,4-10H2,1-3H3,(H,14,15). The molecule has 0 bridgehead atoms. The van der Waals surface area contributed by atoms with Crippen molar-refractivity contribution in [3.8, 4) is 0 Å². The number of carbonyl (C=O) groups is 1. The molecule has 0 saturated carbocycles. The van der Waals surface area contributed by atoms with E-state index in [9.17, 15) is 4.79 Å². The molecule has 0 aliphatic rings. The number of carbonyl (C=O) groups excluding carboxylic acids is 1. The van der Waals surface area contributed by atoms with Crippen LogP contribution in [0.2, 0.25) is 0 Å². The predicted octanol–water partition coefficient (Wildman–Crippen LogP) is 1.31. The molecule has 1 unspecified atom stereocenters. The summed E-state index contributed by atoms with van der Waals surface area (Å²) in [5, 5.41) is 6.06. The molecule has 0 heterocycles. The van der Waals surface area contributed by atoms with Crippen molar-refractivity contribution in [2.45, 2.75) is 45.6 Å². The Labute approximate surface area is 99.1 Å². The summed E-state index contributed by atoms with van der Waals surface area (Å²) in [6, 6.07) is 0.274. The van der Waals surface area contributed by atoms with Crippen molar-refractivity contribution in [2.75, 3.05) is 26.8 Å². The fourth-order valence-corrected chi connectivity index (χ4v) is 1.30. The van der Waals surface area contributed by atoms with Crippen LogP contribution in [0.25, 0.3) is 0 Å². The van der Waals surface area contributed by atoms with Gasteiger partial charge in [0.1, 0.15) is 0 Å². The minimum absolute atomic E-state index is 0.0891. The number of methoxy groups -OCH3 is 1. The molecular weight excluding hydrogens is 204 g/mol. The Balaban J connectivity index is 3.21. The van der Waals surface area contributed by atoms with E-state index in [4.69, 9.17) is 4.74 Å². The van der Waals surface area contributed by atoms with Crippen molar-refractivity contribution < 1.29 is 9.53 Å². The van der Waals surface area contributed by atoms with Gasteiger partial charge in [-0.05, 0) is 39.2 Å². The van der Waals surface area contributed by atoms with E-state index in [0.29, 0.717) is 6.54 Å². The largest absolute Gasteiger partial charge is 0.385 e. The fraction of sp³-hybridized carbons (Fsp3) is 0.917. The third kappa shape index (κ3) is 9.93. The van der Waals surface area contributed by atoms with E-state index in [1.807, 2.05) is 6.92 Å². The Morgan fingerprint density at radius 2 is 2.06 bits per heavy atom. The normalized spacial score (nSPS) is 12.4. The van der Waals surface area contributed by atoms with Gasteiger partial charge in [0.2, 0.25) is 5.91 Å². The molecule has 2 N–H and O–H groups in total. The van der Waals surface area contributed by atoms with Crippen LogP contribution in [0.5, 0.6) is 0 Å². The SMILES string of the molecule is CCC(C)NC(=O)CNCCCCCOC. The number of rotatable bonds is 10. The van der Waals surface area contributed by atoms with E-state index in [1.165, 1.54) is 0 Å². The molecule has 16 heavy (non-hydrogen) atoms. The summed E-state index contributed by atoms with van der Waals surface area (Å²) in [4.78, 5) is 11.4. The maximum Gasteiger partial charge on any atom is 0.234 e. The van der Waals surface area contributed by atoms with Gasteiger partial charge in [-0.15, -0.1) is 0 Å². The van der Waals surface area contributed by atoms with Crippen LogP contribution in [-0.2, 0) is 9.53 Å². The van der Waals surface area contributed by atoms with Crippen molar-refractivity contribution in [2.24, 2.45) is 0 Å². The molecule has 0 radical (unpaired) electrons.